The number of hydrogen-bond acceptors (Lipinski definition) is 5. The molecule has 1 aliphatic heterocycles. The Morgan fingerprint density at radius 3 is 2.94 bits per heavy atom. The van der Waals surface area contributed by atoms with Gasteiger partial charge in [-0.3, -0.25) is 0 Å². The third-order valence-corrected chi connectivity index (χ3v) is 2.98. The van der Waals surface area contributed by atoms with E-state index in [4.69, 9.17) is 13.9 Å². The van der Waals surface area contributed by atoms with Gasteiger partial charge in [-0.15, -0.1) is 0 Å². The van der Waals surface area contributed by atoms with Crippen LogP contribution in [0.1, 0.15) is 31.1 Å². The van der Waals surface area contributed by atoms with E-state index in [2.05, 4.69) is 0 Å². The van der Waals surface area contributed by atoms with Crippen LogP contribution in [0.25, 0.3) is 0 Å². The number of fused-ring (bicyclic) bond motifs is 1. The predicted molar refractivity (Wildman–Crippen MR) is 55.4 cm³/mol. The molecule has 16 heavy (non-hydrogen) atoms. The predicted octanol–water partition coefficient (Wildman–Crippen LogP) is 0.991. The molecular formula is C11H14O5. The molecule has 2 rings (SSSR count). The zero-order chi connectivity index (χ0) is 11.9. The normalized spacial score (nSPS) is 28.6. The highest BCUT2D eigenvalue weighted by Crippen LogP contribution is 2.39. The molecule has 0 radical (unpaired) electrons. The van der Waals surface area contributed by atoms with Crippen LogP contribution in [0.2, 0.25) is 0 Å². The van der Waals surface area contributed by atoms with E-state index in [0.717, 1.165) is 0 Å². The minimum atomic E-state index is -1.32. The van der Waals surface area contributed by atoms with Gasteiger partial charge < -0.3 is 19.0 Å². The Hall–Kier alpha value is -1.33. The van der Waals surface area contributed by atoms with E-state index in [0.29, 0.717) is 17.1 Å². The van der Waals surface area contributed by atoms with Gasteiger partial charge in [-0.2, -0.15) is 0 Å². The summed E-state index contributed by atoms with van der Waals surface area (Å²) in [4.78, 5) is 11.3. The first kappa shape index (κ1) is 11.2. The van der Waals surface area contributed by atoms with Crippen molar-refractivity contribution in [2.45, 2.75) is 32.2 Å². The lowest BCUT2D eigenvalue weighted by Crippen LogP contribution is -2.39. The summed E-state index contributed by atoms with van der Waals surface area (Å²) in [6.45, 7) is 3.44. The molecule has 88 valence electrons. The fraction of sp³-hybridized carbons (Fsp3) is 0.545. The lowest BCUT2D eigenvalue weighted by molar-refractivity contribution is -0.222. The molecule has 1 N–H and O–H groups in total. The van der Waals surface area contributed by atoms with Gasteiger partial charge >= 0.3 is 5.63 Å². The van der Waals surface area contributed by atoms with Gasteiger partial charge in [0.25, 0.3) is 0 Å². The van der Waals surface area contributed by atoms with Crippen LogP contribution < -0.4 is 10.4 Å². The number of rotatable bonds is 1. The third kappa shape index (κ3) is 1.62. The minimum Gasteiger partial charge on any atom is -0.496 e. The van der Waals surface area contributed by atoms with Crippen LogP contribution in [0.5, 0.6) is 5.75 Å². The Balaban J connectivity index is 2.60. The maximum Gasteiger partial charge on any atom is 0.339 e. The maximum absolute atomic E-state index is 11.3. The van der Waals surface area contributed by atoms with Crippen molar-refractivity contribution in [2.24, 2.45) is 0 Å². The van der Waals surface area contributed by atoms with Crippen molar-refractivity contribution in [3.63, 3.8) is 0 Å². The maximum atomic E-state index is 11.3. The first-order chi connectivity index (χ1) is 7.45. The molecule has 0 aromatic carbocycles. The molecular weight excluding hydrogens is 212 g/mol. The van der Waals surface area contributed by atoms with E-state index >= 15 is 0 Å². The van der Waals surface area contributed by atoms with Crippen molar-refractivity contribution in [1.82, 2.24) is 0 Å². The standard InChI is InChI=1S/C11H14O5/c1-6-10-7(5-15-11(6,2)13)8(14-3)4-9(12)16-10/h4,6,13H,5H2,1-3H3/t6-,11-/m1/s1. The summed E-state index contributed by atoms with van der Waals surface area (Å²) in [7, 11) is 1.48. The monoisotopic (exact) mass is 226 g/mol. The van der Waals surface area contributed by atoms with Crippen molar-refractivity contribution in [3.05, 3.63) is 27.8 Å². The van der Waals surface area contributed by atoms with Crippen LogP contribution in [0, 0.1) is 0 Å². The Labute approximate surface area is 92.6 Å². The van der Waals surface area contributed by atoms with Crippen molar-refractivity contribution in [3.8, 4) is 5.75 Å². The number of ether oxygens (including phenoxy) is 2. The van der Waals surface area contributed by atoms with Crippen LogP contribution in [-0.2, 0) is 11.3 Å². The van der Waals surface area contributed by atoms with Gasteiger partial charge in [-0.1, -0.05) is 6.92 Å². The molecule has 0 bridgehead atoms. The van der Waals surface area contributed by atoms with E-state index in [9.17, 15) is 9.90 Å². The molecule has 2 atom stereocenters. The first-order valence-corrected chi connectivity index (χ1v) is 5.03. The molecule has 0 saturated carbocycles. The molecule has 5 nitrogen and oxygen atoms in total. The smallest absolute Gasteiger partial charge is 0.339 e. The fourth-order valence-electron chi connectivity index (χ4n) is 1.78. The van der Waals surface area contributed by atoms with E-state index in [-0.39, 0.29) is 6.61 Å². The zero-order valence-electron chi connectivity index (χ0n) is 9.44. The molecule has 0 aliphatic carbocycles. The molecule has 0 amide bonds. The fourth-order valence-corrected chi connectivity index (χ4v) is 1.78. The minimum absolute atomic E-state index is 0.166. The topological polar surface area (TPSA) is 68.9 Å². The Bertz CT molecular complexity index is 460. The van der Waals surface area contributed by atoms with Crippen LogP contribution in [-0.4, -0.2) is 18.0 Å². The number of hydrogen-bond donors (Lipinski definition) is 1. The second-order valence-corrected chi connectivity index (χ2v) is 4.04. The van der Waals surface area contributed by atoms with Gasteiger partial charge in [-0.25, -0.2) is 4.79 Å². The average molecular weight is 226 g/mol. The van der Waals surface area contributed by atoms with Crippen LogP contribution in [0.3, 0.4) is 0 Å². The molecule has 0 fully saturated rings. The summed E-state index contributed by atoms with van der Waals surface area (Å²) >= 11 is 0. The van der Waals surface area contributed by atoms with Crippen molar-refractivity contribution < 1.29 is 19.0 Å². The molecule has 0 unspecified atom stereocenters. The van der Waals surface area contributed by atoms with E-state index in [1.807, 2.05) is 0 Å². The zero-order valence-corrected chi connectivity index (χ0v) is 9.44. The molecule has 2 heterocycles. The largest absolute Gasteiger partial charge is 0.496 e. The lowest BCUT2D eigenvalue weighted by Gasteiger charge is -2.35. The summed E-state index contributed by atoms with van der Waals surface area (Å²) in [6, 6.07) is 1.27. The molecule has 1 aromatic rings. The summed E-state index contributed by atoms with van der Waals surface area (Å²) < 4.78 is 15.5. The SMILES string of the molecule is COc1cc(=O)oc2c1CO[C@@](C)(O)[C@@H]2C. The Kier molecular flexibility index (Phi) is 2.52. The summed E-state index contributed by atoms with van der Waals surface area (Å²) in [5, 5.41) is 9.92. The van der Waals surface area contributed by atoms with Gasteiger partial charge in [-0.05, 0) is 6.92 Å². The molecule has 0 spiro atoms. The van der Waals surface area contributed by atoms with E-state index in [1.165, 1.54) is 13.2 Å². The van der Waals surface area contributed by atoms with Crippen molar-refractivity contribution in [1.29, 1.82) is 0 Å². The van der Waals surface area contributed by atoms with Gasteiger partial charge in [0.1, 0.15) is 11.5 Å². The van der Waals surface area contributed by atoms with Crippen LogP contribution in [0.4, 0.5) is 0 Å². The second-order valence-electron chi connectivity index (χ2n) is 4.04. The van der Waals surface area contributed by atoms with Crippen molar-refractivity contribution in [2.75, 3.05) is 7.11 Å². The quantitative estimate of drug-likeness (QED) is 0.773. The molecule has 0 saturated heterocycles. The van der Waals surface area contributed by atoms with Crippen LogP contribution in [0.15, 0.2) is 15.3 Å². The van der Waals surface area contributed by atoms with Crippen LogP contribution >= 0.6 is 0 Å². The van der Waals surface area contributed by atoms with Gasteiger partial charge in [0.15, 0.2) is 5.79 Å². The molecule has 1 aromatic heterocycles. The summed E-state index contributed by atoms with van der Waals surface area (Å²) in [5.74, 6) is -0.872. The third-order valence-electron chi connectivity index (χ3n) is 2.98. The molecule has 1 aliphatic rings. The first-order valence-electron chi connectivity index (χ1n) is 5.03. The van der Waals surface area contributed by atoms with Gasteiger partial charge in [0.2, 0.25) is 0 Å². The Morgan fingerprint density at radius 1 is 1.62 bits per heavy atom. The molecule has 5 heteroatoms. The van der Waals surface area contributed by atoms with Crippen molar-refractivity contribution >= 4 is 0 Å². The number of aliphatic hydroxyl groups is 1. The highest BCUT2D eigenvalue weighted by Gasteiger charge is 2.39. The lowest BCUT2D eigenvalue weighted by atomic mass is 9.93. The van der Waals surface area contributed by atoms with E-state index < -0.39 is 17.3 Å². The highest BCUT2D eigenvalue weighted by atomic mass is 16.6. The van der Waals surface area contributed by atoms with E-state index in [1.54, 1.807) is 13.8 Å². The Morgan fingerprint density at radius 2 is 2.31 bits per heavy atom. The number of methoxy groups -OCH3 is 1. The summed E-state index contributed by atoms with van der Waals surface area (Å²) in [5.41, 5.74) is 0.196. The average Bonchev–Trinajstić information content (AvgIpc) is 2.23. The highest BCUT2D eigenvalue weighted by molar-refractivity contribution is 5.37. The second kappa shape index (κ2) is 3.61. The van der Waals surface area contributed by atoms with Gasteiger partial charge in [0, 0.05) is 0 Å². The summed E-state index contributed by atoms with van der Waals surface area (Å²) in [6.07, 6.45) is 0. The van der Waals surface area contributed by atoms with Gasteiger partial charge in [0.05, 0.1) is 31.3 Å².